The molecule has 1 saturated heterocycles. The second kappa shape index (κ2) is 6.64. The van der Waals surface area contributed by atoms with Gasteiger partial charge in [-0.1, -0.05) is 48.6 Å². The Morgan fingerprint density at radius 3 is 2.16 bits per heavy atom. The number of esters is 1. The van der Waals surface area contributed by atoms with E-state index in [0.29, 0.717) is 17.0 Å². The molecule has 0 N–H and O–H groups in total. The van der Waals surface area contributed by atoms with Crippen LogP contribution >= 0.6 is 0 Å². The molecule has 31 heavy (non-hydrogen) atoms. The number of anilines is 1. The number of benzene rings is 3. The number of carbonyl (C=O) groups excluding carboxylic acids is 3. The van der Waals surface area contributed by atoms with E-state index in [2.05, 4.69) is 12.2 Å². The van der Waals surface area contributed by atoms with Gasteiger partial charge in [-0.05, 0) is 54.0 Å². The number of carbonyl (C=O) groups is 3. The maximum atomic E-state index is 13.0. The molecule has 2 bridgehead atoms. The van der Waals surface area contributed by atoms with Gasteiger partial charge in [0.15, 0.2) is 0 Å². The number of fused-ring (bicyclic) bond motifs is 6. The molecule has 2 amide bonds. The first-order chi connectivity index (χ1) is 15.1. The van der Waals surface area contributed by atoms with Gasteiger partial charge in [0.05, 0.1) is 23.1 Å². The lowest BCUT2D eigenvalue weighted by molar-refractivity contribution is -0.123. The number of amides is 2. The fourth-order valence-electron chi connectivity index (χ4n) is 5.35. The Bertz CT molecular complexity index is 1240. The molecule has 5 heteroatoms. The topological polar surface area (TPSA) is 63.7 Å². The molecule has 2 aliphatic carbocycles. The van der Waals surface area contributed by atoms with Crippen LogP contribution in [0.5, 0.6) is 5.75 Å². The minimum Gasteiger partial charge on any atom is -0.422 e. The minimum atomic E-state index is -0.485. The van der Waals surface area contributed by atoms with E-state index in [9.17, 15) is 14.4 Å². The monoisotopic (exact) mass is 409 g/mol. The Balaban J connectivity index is 1.24. The molecule has 0 radical (unpaired) electrons. The van der Waals surface area contributed by atoms with Gasteiger partial charge in [0, 0.05) is 5.39 Å². The summed E-state index contributed by atoms with van der Waals surface area (Å²) in [5.74, 6) is -0.375. The van der Waals surface area contributed by atoms with Gasteiger partial charge in [0.25, 0.3) is 0 Å². The molecule has 1 saturated carbocycles. The van der Waals surface area contributed by atoms with Crippen molar-refractivity contribution < 1.29 is 19.1 Å². The van der Waals surface area contributed by atoms with E-state index in [-0.39, 0.29) is 35.5 Å². The van der Waals surface area contributed by atoms with Crippen LogP contribution in [0.1, 0.15) is 16.8 Å². The fraction of sp³-hybridized carbons (Fsp3) is 0.192. The van der Waals surface area contributed by atoms with Crippen molar-refractivity contribution in [2.75, 3.05) is 4.90 Å². The van der Waals surface area contributed by atoms with Crippen molar-refractivity contribution >= 4 is 34.2 Å². The first-order valence-corrected chi connectivity index (χ1v) is 10.5. The van der Waals surface area contributed by atoms with Crippen molar-refractivity contribution in [1.82, 2.24) is 0 Å². The van der Waals surface area contributed by atoms with E-state index in [1.54, 1.807) is 30.3 Å². The van der Waals surface area contributed by atoms with Crippen LogP contribution in [0.15, 0.2) is 78.9 Å². The standard InChI is InChI=1S/C26H19NO4/c28-24-22-17-8-9-18(14-17)23(22)25(29)27(24)19-12-10-16(11-13-19)26(30)31-21-7-3-5-15-4-1-2-6-20(15)21/h1-13,17-18,22-23H,14H2. The summed E-state index contributed by atoms with van der Waals surface area (Å²) in [6.45, 7) is 0. The van der Waals surface area contributed by atoms with E-state index in [1.165, 1.54) is 4.90 Å². The van der Waals surface area contributed by atoms with Gasteiger partial charge < -0.3 is 4.74 Å². The van der Waals surface area contributed by atoms with E-state index in [4.69, 9.17) is 4.74 Å². The van der Waals surface area contributed by atoms with Gasteiger partial charge in [-0.15, -0.1) is 0 Å². The number of rotatable bonds is 3. The first kappa shape index (κ1) is 18.1. The van der Waals surface area contributed by atoms with Gasteiger partial charge in [-0.2, -0.15) is 0 Å². The van der Waals surface area contributed by atoms with Crippen LogP contribution in [0.3, 0.4) is 0 Å². The number of imide groups is 1. The normalized spacial score (nSPS) is 26.0. The molecule has 4 unspecified atom stereocenters. The lowest BCUT2D eigenvalue weighted by Crippen LogP contribution is -2.32. The summed E-state index contributed by atoms with van der Waals surface area (Å²) < 4.78 is 5.62. The number of nitrogens with zero attached hydrogens (tertiary/aromatic N) is 1. The summed E-state index contributed by atoms with van der Waals surface area (Å²) in [5, 5.41) is 1.85. The molecule has 0 aromatic heterocycles. The highest BCUT2D eigenvalue weighted by Gasteiger charge is 2.59. The Kier molecular flexibility index (Phi) is 3.87. The Hall–Kier alpha value is -3.73. The van der Waals surface area contributed by atoms with Crippen LogP contribution in [0.25, 0.3) is 10.8 Å². The molecule has 5 nitrogen and oxygen atoms in total. The maximum Gasteiger partial charge on any atom is 0.343 e. The zero-order valence-corrected chi connectivity index (χ0v) is 16.6. The third kappa shape index (κ3) is 2.66. The van der Waals surface area contributed by atoms with Crippen LogP contribution in [0.2, 0.25) is 0 Å². The predicted molar refractivity (Wildman–Crippen MR) is 116 cm³/mol. The molecule has 1 heterocycles. The van der Waals surface area contributed by atoms with Crippen LogP contribution in [0, 0.1) is 23.7 Å². The molecule has 1 aliphatic heterocycles. The summed E-state index contributed by atoms with van der Waals surface area (Å²) in [6, 6.07) is 19.8. The summed E-state index contributed by atoms with van der Waals surface area (Å²) >= 11 is 0. The zero-order chi connectivity index (χ0) is 21.1. The van der Waals surface area contributed by atoms with Crippen molar-refractivity contribution in [3.63, 3.8) is 0 Å². The summed E-state index contributed by atoms with van der Waals surface area (Å²) in [4.78, 5) is 39.9. The Morgan fingerprint density at radius 1 is 0.806 bits per heavy atom. The molecule has 4 atom stereocenters. The van der Waals surface area contributed by atoms with Crippen molar-refractivity contribution in [3.8, 4) is 5.75 Å². The smallest absolute Gasteiger partial charge is 0.343 e. The van der Waals surface area contributed by atoms with Crippen molar-refractivity contribution in [3.05, 3.63) is 84.4 Å². The largest absolute Gasteiger partial charge is 0.422 e. The molecule has 3 aromatic carbocycles. The summed E-state index contributed by atoms with van der Waals surface area (Å²) in [6.07, 6.45) is 5.05. The molecular weight excluding hydrogens is 390 g/mol. The maximum absolute atomic E-state index is 13.0. The van der Waals surface area contributed by atoms with Crippen molar-refractivity contribution in [2.45, 2.75) is 6.42 Å². The van der Waals surface area contributed by atoms with Gasteiger partial charge in [0.1, 0.15) is 5.75 Å². The molecule has 3 aromatic rings. The summed E-state index contributed by atoms with van der Waals surface area (Å²) in [5.41, 5.74) is 0.864. The van der Waals surface area contributed by atoms with Gasteiger partial charge in [-0.25, -0.2) is 4.79 Å². The lowest BCUT2D eigenvalue weighted by atomic mass is 9.85. The van der Waals surface area contributed by atoms with Crippen LogP contribution in [-0.4, -0.2) is 17.8 Å². The van der Waals surface area contributed by atoms with E-state index in [0.717, 1.165) is 17.2 Å². The van der Waals surface area contributed by atoms with Crippen LogP contribution < -0.4 is 9.64 Å². The molecule has 152 valence electrons. The lowest BCUT2D eigenvalue weighted by Gasteiger charge is -2.17. The number of hydrogen-bond acceptors (Lipinski definition) is 4. The fourth-order valence-corrected chi connectivity index (χ4v) is 5.35. The molecule has 0 spiro atoms. The van der Waals surface area contributed by atoms with Crippen LogP contribution in [-0.2, 0) is 9.59 Å². The first-order valence-electron chi connectivity index (χ1n) is 10.5. The second-order valence-corrected chi connectivity index (χ2v) is 8.43. The number of ether oxygens (including phenoxy) is 1. The number of allylic oxidation sites excluding steroid dienone is 2. The Morgan fingerprint density at radius 2 is 1.45 bits per heavy atom. The van der Waals surface area contributed by atoms with Gasteiger partial charge in [-0.3, -0.25) is 14.5 Å². The molecule has 2 fully saturated rings. The van der Waals surface area contributed by atoms with Crippen molar-refractivity contribution in [2.24, 2.45) is 23.7 Å². The highest BCUT2D eigenvalue weighted by Crippen LogP contribution is 2.53. The second-order valence-electron chi connectivity index (χ2n) is 8.43. The zero-order valence-electron chi connectivity index (χ0n) is 16.6. The van der Waals surface area contributed by atoms with Crippen molar-refractivity contribution in [1.29, 1.82) is 0 Å². The van der Waals surface area contributed by atoms with E-state index >= 15 is 0 Å². The molecule has 3 aliphatic rings. The average Bonchev–Trinajstić information content (AvgIpc) is 3.48. The minimum absolute atomic E-state index is 0.127. The van der Waals surface area contributed by atoms with E-state index in [1.807, 2.05) is 36.4 Å². The van der Waals surface area contributed by atoms with Crippen LogP contribution in [0.4, 0.5) is 5.69 Å². The molecular formula is C26H19NO4. The quantitative estimate of drug-likeness (QED) is 0.279. The predicted octanol–water partition coefficient (Wildman–Crippen LogP) is 4.37. The Labute approximate surface area is 178 Å². The number of hydrogen-bond donors (Lipinski definition) is 0. The van der Waals surface area contributed by atoms with Gasteiger partial charge >= 0.3 is 5.97 Å². The summed E-state index contributed by atoms with van der Waals surface area (Å²) in [7, 11) is 0. The highest BCUT2D eigenvalue weighted by molar-refractivity contribution is 6.22. The SMILES string of the molecule is O=C(Oc1cccc2ccccc12)c1ccc(N2C(=O)C3C4C=CC(C4)C3C2=O)cc1. The van der Waals surface area contributed by atoms with E-state index < -0.39 is 5.97 Å². The third-order valence-corrected chi connectivity index (χ3v) is 6.78. The molecule has 6 rings (SSSR count). The highest BCUT2D eigenvalue weighted by atomic mass is 16.5. The van der Waals surface area contributed by atoms with Gasteiger partial charge in [0.2, 0.25) is 11.8 Å². The third-order valence-electron chi connectivity index (χ3n) is 6.78. The average molecular weight is 409 g/mol.